The third kappa shape index (κ3) is 7.74. The summed E-state index contributed by atoms with van der Waals surface area (Å²) in [6, 6.07) is 10.3. The lowest BCUT2D eigenvalue weighted by atomic mass is 10.1. The van der Waals surface area contributed by atoms with E-state index in [1.165, 1.54) is 5.56 Å². The van der Waals surface area contributed by atoms with Crippen LogP contribution in [0.5, 0.6) is 0 Å². The van der Waals surface area contributed by atoms with Gasteiger partial charge >= 0.3 is 0 Å². The third-order valence-corrected chi connectivity index (χ3v) is 11.5. The Kier molecular flexibility index (Phi) is 8.98. The van der Waals surface area contributed by atoms with Crippen molar-refractivity contribution >= 4 is 8.32 Å². The molecule has 0 aliphatic carbocycles. The first kappa shape index (κ1) is 26.6. The average molecular weight is 477 g/mol. The van der Waals surface area contributed by atoms with Gasteiger partial charge in [0.1, 0.15) is 6.10 Å². The minimum absolute atomic E-state index is 0.0237. The second kappa shape index (κ2) is 11.1. The summed E-state index contributed by atoms with van der Waals surface area (Å²) in [4.78, 5) is 0. The highest BCUT2D eigenvalue weighted by Crippen LogP contribution is 2.39. The molecule has 0 saturated carbocycles. The smallest absolute Gasteiger partial charge is 0.192 e. The summed E-state index contributed by atoms with van der Waals surface area (Å²) < 4.78 is 32.0. The van der Waals surface area contributed by atoms with Crippen molar-refractivity contribution in [2.24, 2.45) is 0 Å². The molecule has 0 unspecified atom stereocenters. The van der Waals surface area contributed by atoms with E-state index < -0.39 is 14.1 Å². The lowest BCUT2D eigenvalue weighted by Crippen LogP contribution is -2.54. The van der Waals surface area contributed by atoms with E-state index in [4.69, 9.17) is 23.4 Å². The van der Waals surface area contributed by atoms with Crippen LogP contribution in [0.3, 0.4) is 0 Å². The van der Waals surface area contributed by atoms with Gasteiger partial charge in [0.25, 0.3) is 0 Å². The first-order valence-corrected chi connectivity index (χ1v) is 15.3. The first-order chi connectivity index (χ1) is 15.5. The van der Waals surface area contributed by atoms with Crippen molar-refractivity contribution in [1.29, 1.82) is 0 Å². The van der Waals surface area contributed by atoms with Crippen LogP contribution in [0, 0.1) is 0 Å². The Hall–Kier alpha value is -1.02. The molecule has 2 aliphatic rings. The fraction of sp³-hybridized carbons (Fsp3) is 0.704. The van der Waals surface area contributed by atoms with Gasteiger partial charge in [-0.1, -0.05) is 63.3 Å². The van der Waals surface area contributed by atoms with E-state index in [0.29, 0.717) is 19.8 Å². The van der Waals surface area contributed by atoms with Crippen LogP contribution in [-0.2, 0) is 30.0 Å². The summed E-state index contributed by atoms with van der Waals surface area (Å²) in [6.45, 7) is 16.9. The number of rotatable bonds is 7. The van der Waals surface area contributed by atoms with Crippen LogP contribution in [0.1, 0.15) is 59.4 Å². The molecule has 1 saturated heterocycles. The van der Waals surface area contributed by atoms with Gasteiger partial charge in [0.05, 0.1) is 38.1 Å². The van der Waals surface area contributed by atoms with Crippen molar-refractivity contribution in [1.82, 2.24) is 0 Å². The largest absolute Gasteiger partial charge is 0.409 e. The molecule has 2 aliphatic heterocycles. The molecule has 4 atom stereocenters. The molecular formula is C27H44O5Si. The normalized spacial score (nSPS) is 28.2. The van der Waals surface area contributed by atoms with Crippen molar-refractivity contribution in [2.45, 2.75) is 109 Å². The maximum atomic E-state index is 6.92. The van der Waals surface area contributed by atoms with Crippen LogP contribution < -0.4 is 0 Å². The molecule has 186 valence electrons. The lowest BCUT2D eigenvalue weighted by molar-refractivity contribution is -0.316. The molecule has 0 aromatic heterocycles. The zero-order valence-electron chi connectivity index (χ0n) is 21.6. The Balaban J connectivity index is 1.76. The zero-order valence-corrected chi connectivity index (χ0v) is 22.6. The van der Waals surface area contributed by atoms with Gasteiger partial charge in [-0.15, -0.1) is 0 Å². The second-order valence-corrected chi connectivity index (χ2v) is 16.0. The maximum absolute atomic E-state index is 6.92. The van der Waals surface area contributed by atoms with Crippen molar-refractivity contribution in [3.8, 4) is 0 Å². The Morgan fingerprint density at radius 1 is 1.09 bits per heavy atom. The van der Waals surface area contributed by atoms with Crippen molar-refractivity contribution < 1.29 is 23.4 Å². The molecule has 5 nitrogen and oxygen atoms in total. The van der Waals surface area contributed by atoms with Gasteiger partial charge < -0.3 is 23.4 Å². The predicted octanol–water partition coefficient (Wildman–Crippen LogP) is 6.24. The molecule has 6 heteroatoms. The monoisotopic (exact) mass is 476 g/mol. The van der Waals surface area contributed by atoms with Gasteiger partial charge in [0.2, 0.25) is 0 Å². The van der Waals surface area contributed by atoms with Crippen LogP contribution in [0.15, 0.2) is 42.5 Å². The predicted molar refractivity (Wildman–Crippen MR) is 135 cm³/mol. The number of fused-ring (bicyclic) bond motifs is 1. The number of hydrogen-bond acceptors (Lipinski definition) is 5. The molecule has 2 heterocycles. The summed E-state index contributed by atoms with van der Waals surface area (Å²) >= 11 is 0. The third-order valence-electron chi connectivity index (χ3n) is 7.01. The summed E-state index contributed by atoms with van der Waals surface area (Å²) in [5, 5.41) is 0.104. The fourth-order valence-corrected chi connectivity index (χ4v) is 5.34. The summed E-state index contributed by atoms with van der Waals surface area (Å²) in [5.41, 5.74) is 1.17. The van der Waals surface area contributed by atoms with E-state index in [0.717, 1.165) is 19.3 Å². The Morgan fingerprint density at radius 3 is 2.52 bits per heavy atom. The van der Waals surface area contributed by atoms with Crippen LogP contribution in [-0.4, -0.2) is 51.7 Å². The van der Waals surface area contributed by atoms with E-state index in [9.17, 15) is 0 Å². The fourth-order valence-electron chi connectivity index (χ4n) is 4.01. The lowest BCUT2D eigenvalue weighted by Gasteiger charge is -2.44. The highest BCUT2D eigenvalue weighted by atomic mass is 28.4. The molecule has 1 aromatic carbocycles. The molecule has 0 spiro atoms. The molecule has 0 bridgehead atoms. The van der Waals surface area contributed by atoms with Crippen LogP contribution in [0.4, 0.5) is 0 Å². The van der Waals surface area contributed by atoms with Gasteiger partial charge in [0.15, 0.2) is 14.1 Å². The van der Waals surface area contributed by atoms with Crippen LogP contribution >= 0.6 is 0 Å². The first-order valence-electron chi connectivity index (χ1n) is 12.4. The molecule has 33 heavy (non-hydrogen) atoms. The maximum Gasteiger partial charge on any atom is 0.192 e. The SMILES string of the molecule is CC1(C)OC[C@@H]2O[C@@H]([C@@H](COCc3ccccc3)O[Si](C)(C)C(C)(C)C)CC/C=C\C[C@H]2O1. The molecule has 0 radical (unpaired) electrons. The molecule has 0 amide bonds. The van der Waals surface area contributed by atoms with Gasteiger partial charge in [-0.05, 0) is 56.8 Å². The minimum Gasteiger partial charge on any atom is -0.409 e. The number of hydrogen-bond donors (Lipinski definition) is 0. The quantitative estimate of drug-likeness (QED) is 0.344. The molecule has 1 aromatic rings. The Bertz CT molecular complexity index is 756. The van der Waals surface area contributed by atoms with Crippen LogP contribution in [0.25, 0.3) is 0 Å². The van der Waals surface area contributed by atoms with Gasteiger partial charge in [-0.3, -0.25) is 0 Å². The van der Waals surface area contributed by atoms with Gasteiger partial charge in [-0.2, -0.15) is 0 Å². The summed E-state index contributed by atoms with van der Waals surface area (Å²) in [6.07, 6.45) is 6.77. The zero-order chi connectivity index (χ0) is 24.1. The van der Waals surface area contributed by atoms with E-state index >= 15 is 0 Å². The minimum atomic E-state index is -2.03. The van der Waals surface area contributed by atoms with E-state index in [-0.39, 0.29) is 29.5 Å². The highest BCUT2D eigenvalue weighted by Gasteiger charge is 2.43. The van der Waals surface area contributed by atoms with E-state index in [1.807, 2.05) is 32.0 Å². The summed E-state index contributed by atoms with van der Waals surface area (Å²) in [7, 11) is -2.03. The van der Waals surface area contributed by atoms with Gasteiger partial charge in [-0.25, -0.2) is 0 Å². The Morgan fingerprint density at radius 2 is 1.82 bits per heavy atom. The molecule has 0 N–H and O–H groups in total. The molecular weight excluding hydrogens is 432 g/mol. The summed E-state index contributed by atoms with van der Waals surface area (Å²) in [5.74, 6) is -0.586. The van der Waals surface area contributed by atoms with Crippen molar-refractivity contribution in [3.05, 3.63) is 48.0 Å². The number of benzene rings is 1. The number of ether oxygens (including phenoxy) is 4. The Labute approximate surface area is 201 Å². The van der Waals surface area contributed by atoms with Crippen molar-refractivity contribution in [3.63, 3.8) is 0 Å². The highest BCUT2D eigenvalue weighted by molar-refractivity contribution is 6.74. The molecule has 3 rings (SSSR count). The van der Waals surface area contributed by atoms with E-state index in [2.05, 4.69) is 58.2 Å². The topological polar surface area (TPSA) is 46.2 Å². The van der Waals surface area contributed by atoms with Crippen LogP contribution in [0.2, 0.25) is 18.1 Å². The second-order valence-electron chi connectivity index (χ2n) is 11.3. The average Bonchev–Trinajstić information content (AvgIpc) is 2.82. The van der Waals surface area contributed by atoms with E-state index in [1.54, 1.807) is 0 Å². The standard InChI is InChI=1S/C27H44O5Si/c1-26(2,3)33(6,7)32-25(19-28-18-21-14-10-8-11-15-21)22-16-12-9-13-17-23-24(30-22)20-29-27(4,5)31-23/h8-11,13-15,22-25H,12,16-20H2,1-7H3/b13-9-/t22-,23-,24+,25-/m1/s1. The van der Waals surface area contributed by atoms with Gasteiger partial charge in [0, 0.05) is 0 Å². The van der Waals surface area contributed by atoms with Crippen molar-refractivity contribution in [2.75, 3.05) is 13.2 Å². The number of allylic oxidation sites excluding steroid dienone is 1. The molecule has 1 fully saturated rings.